The van der Waals surface area contributed by atoms with E-state index in [1.807, 2.05) is 6.92 Å². The Kier molecular flexibility index (Phi) is 4.21. The molecule has 0 spiro atoms. The van der Waals surface area contributed by atoms with Gasteiger partial charge in [0.05, 0.1) is 15.1 Å². The van der Waals surface area contributed by atoms with Crippen molar-refractivity contribution in [3.05, 3.63) is 27.3 Å². The smallest absolute Gasteiger partial charge is 0.195 e. The Bertz CT molecular complexity index is 1080. The topological polar surface area (TPSA) is 78.0 Å². The molecule has 0 amide bonds. The van der Waals surface area contributed by atoms with Gasteiger partial charge in [-0.15, -0.1) is 0 Å². The normalized spacial score (nSPS) is 12.2. The van der Waals surface area contributed by atoms with E-state index in [4.69, 9.17) is 16.0 Å². The highest BCUT2D eigenvalue weighted by atomic mass is 79.9. The number of hydrogen-bond acceptors (Lipinski definition) is 5. The van der Waals surface area contributed by atoms with E-state index in [0.29, 0.717) is 17.8 Å². The van der Waals surface area contributed by atoms with Crippen molar-refractivity contribution in [1.82, 2.24) is 14.8 Å². The molecule has 0 bridgehead atoms. The highest BCUT2D eigenvalue weighted by molar-refractivity contribution is 9.10. The number of nitrogens with zero attached hydrogens (tertiary/aromatic N) is 3. The maximum Gasteiger partial charge on any atom is 0.195 e. The van der Waals surface area contributed by atoms with Crippen molar-refractivity contribution in [3.8, 4) is 11.3 Å². The van der Waals surface area contributed by atoms with Crippen LogP contribution < -0.4 is 0 Å². The Morgan fingerprint density at radius 2 is 2.12 bits per heavy atom. The van der Waals surface area contributed by atoms with E-state index in [2.05, 4.69) is 26.0 Å². The number of fused-ring (bicyclic) bond motifs is 1. The summed E-state index contributed by atoms with van der Waals surface area (Å²) < 4.78 is 45.4. The zero-order chi connectivity index (χ0) is 17.8. The minimum Gasteiger partial charge on any atom is -0.440 e. The molecule has 2 heterocycles. The molecule has 0 aliphatic rings. The predicted molar refractivity (Wildman–Crippen MR) is 91.4 cm³/mol. The molecule has 0 atom stereocenters. The molecule has 10 heteroatoms. The van der Waals surface area contributed by atoms with Gasteiger partial charge in [-0.05, 0) is 22.0 Å². The fourth-order valence-corrected chi connectivity index (χ4v) is 5.06. The fraction of sp³-hybridized carbons (Fsp3) is 0.286. The van der Waals surface area contributed by atoms with Gasteiger partial charge in [0.25, 0.3) is 0 Å². The average molecular weight is 437 g/mol. The van der Waals surface area contributed by atoms with Crippen LogP contribution in [0.2, 0.25) is 5.02 Å². The summed E-state index contributed by atoms with van der Waals surface area (Å²) in [7, 11) is -2.10. The molecule has 0 unspecified atom stereocenters. The van der Waals surface area contributed by atoms with Gasteiger partial charge in [0.15, 0.2) is 26.3 Å². The van der Waals surface area contributed by atoms with Crippen LogP contribution in [0.5, 0.6) is 0 Å². The second-order valence-corrected chi connectivity index (χ2v) is 8.35. The lowest BCUT2D eigenvalue weighted by atomic mass is 10.1. The lowest BCUT2D eigenvalue weighted by Gasteiger charge is -2.03. The first-order valence-corrected chi connectivity index (χ1v) is 9.91. The Balaban J connectivity index is 2.41. The van der Waals surface area contributed by atoms with E-state index in [1.165, 1.54) is 11.7 Å². The minimum absolute atomic E-state index is 0.0129. The molecule has 6 nitrogen and oxygen atoms in total. The SMILES string of the molecule is CCc1nc2c(Cl)cc(F)c(-c3nn(C)c(S(C)(=O)=O)c3Br)c2o1. The number of aromatic nitrogens is 3. The van der Waals surface area contributed by atoms with E-state index in [9.17, 15) is 12.8 Å². The van der Waals surface area contributed by atoms with Crippen LogP contribution in [-0.4, -0.2) is 29.4 Å². The summed E-state index contributed by atoms with van der Waals surface area (Å²) >= 11 is 9.26. The molecule has 3 aromatic rings. The third kappa shape index (κ3) is 2.64. The van der Waals surface area contributed by atoms with E-state index < -0.39 is 15.7 Å². The van der Waals surface area contributed by atoms with Crippen molar-refractivity contribution >= 4 is 48.5 Å². The Labute approximate surface area is 150 Å². The zero-order valence-corrected chi connectivity index (χ0v) is 16.1. The van der Waals surface area contributed by atoms with Gasteiger partial charge in [0.2, 0.25) is 0 Å². The highest BCUT2D eigenvalue weighted by Gasteiger charge is 2.28. The molecular weight excluding hydrogens is 425 g/mol. The van der Waals surface area contributed by atoms with Gasteiger partial charge < -0.3 is 4.42 Å². The highest BCUT2D eigenvalue weighted by Crippen LogP contribution is 2.40. The molecular formula is C14H12BrClFN3O3S. The van der Waals surface area contributed by atoms with Gasteiger partial charge in [-0.1, -0.05) is 18.5 Å². The molecule has 2 aromatic heterocycles. The summed E-state index contributed by atoms with van der Waals surface area (Å²) in [5.74, 6) is -0.278. The van der Waals surface area contributed by atoms with Crippen LogP contribution in [0.15, 0.2) is 20.0 Å². The van der Waals surface area contributed by atoms with Crippen molar-refractivity contribution in [1.29, 1.82) is 0 Å². The Hall–Kier alpha value is -1.45. The largest absolute Gasteiger partial charge is 0.440 e. The second kappa shape index (κ2) is 5.82. The maximum atomic E-state index is 14.6. The van der Waals surface area contributed by atoms with Gasteiger partial charge in [-0.3, -0.25) is 4.68 Å². The number of benzene rings is 1. The molecule has 0 N–H and O–H groups in total. The van der Waals surface area contributed by atoms with Crippen LogP contribution in [0.3, 0.4) is 0 Å². The number of rotatable bonds is 3. The predicted octanol–water partition coefficient (Wildman–Crippen LogP) is 3.75. The lowest BCUT2D eigenvalue weighted by Crippen LogP contribution is -2.05. The average Bonchev–Trinajstić information content (AvgIpc) is 3.00. The van der Waals surface area contributed by atoms with Gasteiger partial charge in [-0.2, -0.15) is 5.10 Å². The number of aryl methyl sites for hydroxylation is 2. The zero-order valence-electron chi connectivity index (χ0n) is 12.9. The molecule has 0 aliphatic carbocycles. The molecule has 0 aliphatic heterocycles. The summed E-state index contributed by atoms with van der Waals surface area (Å²) in [6.45, 7) is 1.84. The van der Waals surface area contributed by atoms with Crippen molar-refractivity contribution in [2.45, 2.75) is 18.4 Å². The van der Waals surface area contributed by atoms with E-state index in [0.717, 1.165) is 12.3 Å². The molecule has 0 radical (unpaired) electrons. The summed E-state index contributed by atoms with van der Waals surface area (Å²) in [6, 6.07) is 1.11. The first kappa shape index (κ1) is 17.4. The summed E-state index contributed by atoms with van der Waals surface area (Å²) in [5.41, 5.74) is 0.564. The third-order valence-electron chi connectivity index (χ3n) is 3.45. The molecule has 3 rings (SSSR count). The number of halogens is 3. The Morgan fingerprint density at radius 3 is 2.67 bits per heavy atom. The van der Waals surface area contributed by atoms with Crippen molar-refractivity contribution in [2.24, 2.45) is 7.05 Å². The van der Waals surface area contributed by atoms with Crippen molar-refractivity contribution in [3.63, 3.8) is 0 Å². The number of oxazole rings is 1. The number of hydrogen-bond donors (Lipinski definition) is 0. The monoisotopic (exact) mass is 435 g/mol. The van der Waals surface area contributed by atoms with E-state index >= 15 is 0 Å². The maximum absolute atomic E-state index is 14.6. The number of sulfone groups is 1. The summed E-state index contributed by atoms with van der Waals surface area (Å²) in [5, 5.41) is 4.20. The van der Waals surface area contributed by atoms with Crippen LogP contribution in [0.1, 0.15) is 12.8 Å². The van der Waals surface area contributed by atoms with Crippen LogP contribution in [0.25, 0.3) is 22.4 Å². The van der Waals surface area contributed by atoms with Crippen LogP contribution in [0, 0.1) is 5.82 Å². The van der Waals surface area contributed by atoms with Crippen LogP contribution in [-0.2, 0) is 23.3 Å². The molecule has 0 saturated heterocycles. The Morgan fingerprint density at radius 1 is 1.46 bits per heavy atom. The van der Waals surface area contributed by atoms with Gasteiger partial charge in [-0.25, -0.2) is 17.8 Å². The molecule has 0 saturated carbocycles. The van der Waals surface area contributed by atoms with Crippen LogP contribution in [0.4, 0.5) is 4.39 Å². The molecule has 128 valence electrons. The van der Waals surface area contributed by atoms with E-state index in [-0.39, 0.29) is 31.4 Å². The second-order valence-electron chi connectivity index (χ2n) is 5.22. The first-order valence-electron chi connectivity index (χ1n) is 6.85. The van der Waals surface area contributed by atoms with Crippen LogP contribution >= 0.6 is 27.5 Å². The quantitative estimate of drug-likeness (QED) is 0.625. The summed E-state index contributed by atoms with van der Waals surface area (Å²) in [6.07, 6.45) is 1.56. The van der Waals surface area contributed by atoms with Crippen molar-refractivity contribution < 1.29 is 17.2 Å². The molecule has 24 heavy (non-hydrogen) atoms. The third-order valence-corrected chi connectivity index (χ3v) is 5.92. The fourth-order valence-electron chi connectivity index (χ4n) is 2.47. The van der Waals surface area contributed by atoms with Gasteiger partial charge in [0.1, 0.15) is 17.0 Å². The molecule has 1 aromatic carbocycles. The van der Waals surface area contributed by atoms with Crippen molar-refractivity contribution in [2.75, 3.05) is 6.26 Å². The minimum atomic E-state index is -3.57. The van der Waals surface area contributed by atoms with E-state index in [1.54, 1.807) is 0 Å². The lowest BCUT2D eigenvalue weighted by molar-refractivity contribution is 0.535. The van der Waals surface area contributed by atoms with Gasteiger partial charge in [0, 0.05) is 19.7 Å². The first-order chi connectivity index (χ1) is 11.1. The summed E-state index contributed by atoms with van der Waals surface area (Å²) in [4.78, 5) is 4.23. The van der Waals surface area contributed by atoms with Gasteiger partial charge >= 0.3 is 0 Å². The standard InChI is InChI=1S/C14H12BrClFN3O3S/c1-4-8-18-11-6(16)5-7(17)9(13(11)23-8)12-10(15)14(20(2)19-12)24(3,21)22/h5H,4H2,1-3H3. The molecule has 0 fully saturated rings.